The lowest BCUT2D eigenvalue weighted by Gasteiger charge is -2.45. The summed E-state index contributed by atoms with van der Waals surface area (Å²) < 4.78 is 7.06. The van der Waals surface area contributed by atoms with Crippen LogP contribution in [0, 0.1) is 11.5 Å². The van der Waals surface area contributed by atoms with Gasteiger partial charge < -0.3 is 9.53 Å². The van der Waals surface area contributed by atoms with E-state index in [0.29, 0.717) is 12.8 Å². The molecule has 0 fully saturated rings. The molecule has 2 aromatic carbocycles. The highest BCUT2D eigenvalue weighted by Crippen LogP contribution is 2.38. The van der Waals surface area contributed by atoms with E-state index >= 15 is 0 Å². The highest BCUT2D eigenvalue weighted by molar-refractivity contribution is 6.99. The molecule has 2 nitrogen and oxygen atoms in total. The van der Waals surface area contributed by atoms with Gasteiger partial charge in [-0.05, 0) is 15.4 Å². The molecule has 0 aliphatic carbocycles. The van der Waals surface area contributed by atoms with E-state index in [0.717, 1.165) is 0 Å². The van der Waals surface area contributed by atoms with Crippen LogP contribution >= 0.6 is 0 Å². The minimum absolute atomic E-state index is 0.112. The van der Waals surface area contributed by atoms with Crippen molar-refractivity contribution in [3.8, 4) is 11.5 Å². The van der Waals surface area contributed by atoms with Crippen LogP contribution in [0.4, 0.5) is 0 Å². The van der Waals surface area contributed by atoms with Crippen LogP contribution in [0.5, 0.6) is 0 Å². The number of hydrogen-bond donors (Lipinski definition) is 1. The molecule has 0 aromatic heterocycles. The topological polar surface area (TPSA) is 29.5 Å². The molecule has 0 amide bonds. The van der Waals surface area contributed by atoms with Gasteiger partial charge in [-0.1, -0.05) is 107 Å². The second-order valence-electron chi connectivity index (χ2n) is 10.2. The predicted molar refractivity (Wildman–Crippen MR) is 139 cm³/mol. The van der Waals surface area contributed by atoms with Crippen molar-refractivity contribution in [3.63, 3.8) is 0 Å². The van der Waals surface area contributed by atoms with Gasteiger partial charge in [-0.2, -0.15) is 0 Å². The van der Waals surface area contributed by atoms with Crippen molar-refractivity contribution < 1.29 is 9.53 Å². The van der Waals surface area contributed by atoms with Gasteiger partial charge in [-0.25, -0.2) is 0 Å². The molecule has 2 aromatic rings. The first-order valence-electron chi connectivity index (χ1n) is 11.1. The van der Waals surface area contributed by atoms with Crippen LogP contribution in [0.1, 0.15) is 33.6 Å². The molecule has 166 valence electrons. The van der Waals surface area contributed by atoms with Crippen LogP contribution in [-0.2, 0) is 4.43 Å². The second kappa shape index (κ2) is 10.6. The van der Waals surface area contributed by atoms with Crippen LogP contribution in [-0.4, -0.2) is 33.7 Å². The molecule has 2 atom stereocenters. The first-order valence-corrected chi connectivity index (χ1v) is 16.5. The van der Waals surface area contributed by atoms with E-state index in [1.165, 1.54) is 10.4 Å². The lowest BCUT2D eigenvalue weighted by molar-refractivity contribution is 0.114. The Morgan fingerprint density at radius 1 is 0.968 bits per heavy atom. The molecule has 2 unspecified atom stereocenters. The molecule has 0 radical (unpaired) electrons. The summed E-state index contributed by atoms with van der Waals surface area (Å²) in [4.78, 5) is 0. The van der Waals surface area contributed by atoms with Crippen molar-refractivity contribution in [2.75, 3.05) is 0 Å². The summed E-state index contributed by atoms with van der Waals surface area (Å²) in [6.07, 6.45) is 2.02. The third-order valence-corrected chi connectivity index (χ3v) is 11.3. The van der Waals surface area contributed by atoms with Crippen molar-refractivity contribution in [2.24, 2.45) is 0 Å². The van der Waals surface area contributed by atoms with Gasteiger partial charge in [0.05, 0.1) is 12.2 Å². The number of rotatable bonds is 8. The number of aliphatic hydroxyl groups is 1. The summed E-state index contributed by atoms with van der Waals surface area (Å²) in [6, 6.07) is 21.1. The third-order valence-electron chi connectivity index (χ3n) is 5.31. The monoisotopic (exact) mass is 450 g/mol. The van der Waals surface area contributed by atoms with E-state index in [9.17, 15) is 5.11 Å². The molecule has 0 saturated heterocycles. The smallest absolute Gasteiger partial charge is 0.261 e. The zero-order valence-corrected chi connectivity index (χ0v) is 22.0. The van der Waals surface area contributed by atoms with Crippen molar-refractivity contribution in [1.82, 2.24) is 0 Å². The molecule has 1 N–H and O–H groups in total. The fourth-order valence-electron chi connectivity index (χ4n) is 3.90. The molecule has 0 heterocycles. The van der Waals surface area contributed by atoms with E-state index in [2.05, 4.69) is 107 Å². The fraction of sp³-hybridized carbons (Fsp3) is 0.407. The normalized spacial score (nSPS) is 14.3. The summed E-state index contributed by atoms with van der Waals surface area (Å²) in [5.74, 6) is 3.19. The van der Waals surface area contributed by atoms with Crippen LogP contribution in [0.25, 0.3) is 0 Å². The maximum atomic E-state index is 10.7. The fourth-order valence-corrected chi connectivity index (χ4v) is 9.19. The Morgan fingerprint density at radius 2 is 1.45 bits per heavy atom. The van der Waals surface area contributed by atoms with Gasteiger partial charge in [0.2, 0.25) is 0 Å². The highest BCUT2D eigenvalue weighted by atomic mass is 28.4. The van der Waals surface area contributed by atoms with Gasteiger partial charge in [0, 0.05) is 12.8 Å². The minimum Gasteiger partial charge on any atom is -0.401 e. The van der Waals surface area contributed by atoms with Gasteiger partial charge in [-0.3, -0.25) is 0 Å². The maximum absolute atomic E-state index is 10.7. The highest BCUT2D eigenvalue weighted by Gasteiger charge is 2.51. The molecule has 0 saturated carbocycles. The van der Waals surface area contributed by atoms with E-state index in [1.807, 2.05) is 18.2 Å². The van der Waals surface area contributed by atoms with E-state index in [1.54, 1.807) is 0 Å². The van der Waals surface area contributed by atoms with Gasteiger partial charge >= 0.3 is 0 Å². The number of benzene rings is 2. The molecular weight excluding hydrogens is 412 g/mol. The summed E-state index contributed by atoms with van der Waals surface area (Å²) in [6.45, 7) is 17.5. The molecule has 4 heteroatoms. The van der Waals surface area contributed by atoms with Gasteiger partial charge in [0.25, 0.3) is 8.32 Å². The number of hydrogen-bond acceptors (Lipinski definition) is 2. The SMILES string of the molecule is C=CC(CC(O)CC#C[Si](C)(C)C)O[Si](c1ccccc1)(c1ccccc1)C(C)(C)C. The van der Waals surface area contributed by atoms with E-state index < -0.39 is 22.5 Å². The van der Waals surface area contributed by atoms with Crippen LogP contribution in [0.3, 0.4) is 0 Å². The molecular formula is C27H38O2Si2. The summed E-state index contributed by atoms with van der Waals surface area (Å²) >= 11 is 0. The van der Waals surface area contributed by atoms with E-state index in [4.69, 9.17) is 4.43 Å². The van der Waals surface area contributed by atoms with Crippen LogP contribution in [0.15, 0.2) is 73.3 Å². The van der Waals surface area contributed by atoms with E-state index in [-0.39, 0.29) is 11.1 Å². The van der Waals surface area contributed by atoms with Gasteiger partial charge in [0.15, 0.2) is 0 Å². The predicted octanol–water partition coefficient (Wildman–Crippen LogP) is 5.14. The zero-order valence-electron chi connectivity index (χ0n) is 20.0. The van der Waals surface area contributed by atoms with Gasteiger partial charge in [-0.15, -0.1) is 18.0 Å². The molecule has 0 aliphatic rings. The zero-order chi connectivity index (χ0) is 23.1. The standard InChI is InChI=1S/C27H38O2Si2/c1-8-24(22-23(28)16-15-21-30(5,6)7)29-31(27(2,3)4,25-17-11-9-12-18-25)26-19-13-10-14-20-26/h8-14,17-20,23-24,28H,1,16,22H2,2-7H3. The average molecular weight is 451 g/mol. The molecule has 2 rings (SSSR count). The first-order chi connectivity index (χ1) is 14.5. The summed E-state index contributed by atoms with van der Waals surface area (Å²) in [7, 11) is -4.11. The maximum Gasteiger partial charge on any atom is 0.261 e. The Balaban J connectivity index is 2.42. The number of aliphatic hydroxyl groups excluding tert-OH is 1. The Morgan fingerprint density at radius 3 is 1.84 bits per heavy atom. The van der Waals surface area contributed by atoms with Crippen molar-refractivity contribution in [2.45, 2.75) is 70.5 Å². The van der Waals surface area contributed by atoms with Crippen molar-refractivity contribution in [1.29, 1.82) is 0 Å². The quantitative estimate of drug-likeness (QED) is 0.343. The lowest BCUT2D eigenvalue weighted by Crippen LogP contribution is -2.67. The molecule has 0 spiro atoms. The minimum atomic E-state index is -2.67. The largest absolute Gasteiger partial charge is 0.401 e. The Hall–Kier alpha value is -1.91. The molecule has 0 bridgehead atoms. The second-order valence-corrected chi connectivity index (χ2v) is 19.2. The average Bonchev–Trinajstić information content (AvgIpc) is 2.70. The molecule has 0 aliphatic heterocycles. The third kappa shape index (κ3) is 6.79. The Labute approximate surface area is 191 Å². The summed E-state index contributed by atoms with van der Waals surface area (Å²) in [5.41, 5.74) is 3.34. The summed E-state index contributed by atoms with van der Waals surface area (Å²) in [5, 5.41) is 13.0. The van der Waals surface area contributed by atoms with Crippen LogP contribution in [0.2, 0.25) is 24.7 Å². The van der Waals surface area contributed by atoms with Crippen molar-refractivity contribution >= 4 is 26.8 Å². The first kappa shape index (κ1) is 25.4. The van der Waals surface area contributed by atoms with Gasteiger partial charge in [0.1, 0.15) is 8.07 Å². The van der Waals surface area contributed by atoms with Crippen LogP contribution < -0.4 is 10.4 Å². The van der Waals surface area contributed by atoms with Crippen molar-refractivity contribution in [3.05, 3.63) is 73.3 Å². The molecule has 31 heavy (non-hydrogen) atoms. The lowest BCUT2D eigenvalue weighted by atomic mass is 10.1. The Kier molecular flexibility index (Phi) is 8.68. The Bertz CT molecular complexity index is 845.